The van der Waals surface area contributed by atoms with Gasteiger partial charge in [-0.2, -0.15) is 5.26 Å². The molecule has 1 N–H and O–H groups in total. The number of imide groups is 1. The number of likely N-dealkylation sites (N-methyl/N-ethyl adjacent to an activating group) is 1. The van der Waals surface area contributed by atoms with Crippen molar-refractivity contribution >= 4 is 23.0 Å². The Morgan fingerprint density at radius 2 is 1.97 bits per heavy atom. The third-order valence-corrected chi connectivity index (χ3v) is 6.24. The van der Waals surface area contributed by atoms with Crippen LogP contribution in [0.1, 0.15) is 52.1 Å². The zero-order valence-electron chi connectivity index (χ0n) is 18.6. The number of carbonyl (C=O) groups is 2. The van der Waals surface area contributed by atoms with Gasteiger partial charge in [0.2, 0.25) is 5.82 Å². The van der Waals surface area contributed by atoms with Crippen molar-refractivity contribution in [2.75, 3.05) is 19.6 Å². The predicted octanol–water partition coefficient (Wildman–Crippen LogP) is 2.26. The van der Waals surface area contributed by atoms with Crippen molar-refractivity contribution in [3.8, 4) is 6.07 Å². The lowest BCUT2D eigenvalue weighted by molar-refractivity contribution is -0.129. The largest absolute Gasteiger partial charge is 0.328 e. The van der Waals surface area contributed by atoms with E-state index in [-0.39, 0.29) is 23.2 Å². The summed E-state index contributed by atoms with van der Waals surface area (Å²) in [5, 5.41) is 12.6. The van der Waals surface area contributed by atoms with Gasteiger partial charge in [0.15, 0.2) is 0 Å². The molecule has 164 valence electrons. The summed E-state index contributed by atoms with van der Waals surface area (Å²) in [5.74, 6) is 0.00365. The van der Waals surface area contributed by atoms with Crippen LogP contribution >= 0.6 is 0 Å². The topological polar surface area (TPSA) is 107 Å². The molecule has 1 spiro atoms. The van der Waals surface area contributed by atoms with E-state index in [9.17, 15) is 14.9 Å². The monoisotopic (exact) mass is 423 g/mol. The highest BCUT2D eigenvalue weighted by Crippen LogP contribution is 2.34. The molecule has 2 fully saturated rings. The molecule has 2 aliphatic rings. The average molecular weight is 424 g/mol. The first-order valence-corrected chi connectivity index (χ1v) is 10.8. The number of nitrogens with zero attached hydrogens (tertiary/aromatic N) is 6. The first-order valence-electron chi connectivity index (χ1n) is 10.8. The minimum absolute atomic E-state index is 0.0360. The molecule has 4 rings (SSSR count). The number of nitriles is 1. The standard InChI is InChI=1S/C22H29N7O2/c1-5-29-20(31)26-19(30)22(29)6-8-27(9-7-22)13-16-10-15-12-24-17(11-23)25-18(15)28(16)14-21(2,3)4/h10,12H,5-9,13-14H2,1-4H3,(H,26,30,31). The molecule has 9 heteroatoms. The molecule has 0 saturated carbocycles. The summed E-state index contributed by atoms with van der Waals surface area (Å²) in [6.45, 7) is 11.9. The zero-order valence-corrected chi connectivity index (χ0v) is 18.6. The van der Waals surface area contributed by atoms with Gasteiger partial charge in [-0.3, -0.25) is 15.0 Å². The Hall–Kier alpha value is -2.99. The van der Waals surface area contributed by atoms with Gasteiger partial charge in [-0.15, -0.1) is 0 Å². The van der Waals surface area contributed by atoms with Gasteiger partial charge in [-0.25, -0.2) is 14.8 Å². The van der Waals surface area contributed by atoms with Gasteiger partial charge in [0, 0.05) is 50.0 Å². The maximum Gasteiger partial charge on any atom is 0.325 e. The maximum atomic E-state index is 12.5. The Morgan fingerprint density at radius 1 is 1.26 bits per heavy atom. The molecule has 2 aromatic heterocycles. The lowest BCUT2D eigenvalue weighted by atomic mass is 9.86. The fourth-order valence-electron chi connectivity index (χ4n) is 4.78. The maximum absolute atomic E-state index is 12.5. The molecule has 0 atom stereocenters. The Kier molecular flexibility index (Phi) is 5.21. The van der Waals surface area contributed by atoms with Gasteiger partial charge in [-0.05, 0) is 31.2 Å². The molecule has 0 radical (unpaired) electrons. The first kappa shape index (κ1) is 21.2. The molecule has 2 aliphatic heterocycles. The summed E-state index contributed by atoms with van der Waals surface area (Å²) >= 11 is 0. The Balaban J connectivity index is 1.58. The van der Waals surface area contributed by atoms with E-state index in [0.717, 1.165) is 36.4 Å². The molecule has 0 unspecified atom stereocenters. The minimum Gasteiger partial charge on any atom is -0.328 e. The second kappa shape index (κ2) is 7.61. The quantitative estimate of drug-likeness (QED) is 0.756. The van der Waals surface area contributed by atoms with Gasteiger partial charge in [-0.1, -0.05) is 20.8 Å². The molecule has 0 aromatic carbocycles. The predicted molar refractivity (Wildman–Crippen MR) is 115 cm³/mol. The summed E-state index contributed by atoms with van der Waals surface area (Å²) in [6.07, 6.45) is 2.95. The van der Waals surface area contributed by atoms with Crippen LogP contribution in [0.3, 0.4) is 0 Å². The Labute approximate surface area is 182 Å². The van der Waals surface area contributed by atoms with Gasteiger partial charge >= 0.3 is 6.03 Å². The number of hydrogen-bond acceptors (Lipinski definition) is 6. The number of carbonyl (C=O) groups excluding carboxylic acids is 2. The van der Waals surface area contributed by atoms with Crippen LogP contribution in [0.4, 0.5) is 4.79 Å². The van der Waals surface area contributed by atoms with Crippen LogP contribution < -0.4 is 5.32 Å². The van der Waals surface area contributed by atoms with E-state index in [1.165, 1.54) is 0 Å². The second-order valence-corrected chi connectivity index (χ2v) is 9.68. The van der Waals surface area contributed by atoms with E-state index >= 15 is 0 Å². The van der Waals surface area contributed by atoms with Crippen LogP contribution in [0.15, 0.2) is 12.3 Å². The third kappa shape index (κ3) is 3.76. The van der Waals surface area contributed by atoms with E-state index in [2.05, 4.69) is 51.6 Å². The van der Waals surface area contributed by atoms with Crippen molar-refractivity contribution in [1.29, 1.82) is 5.26 Å². The van der Waals surface area contributed by atoms with E-state index in [1.807, 2.05) is 13.0 Å². The van der Waals surface area contributed by atoms with Gasteiger partial charge in [0.1, 0.15) is 17.3 Å². The fraction of sp³-hybridized carbons (Fsp3) is 0.591. The molecule has 2 aromatic rings. The summed E-state index contributed by atoms with van der Waals surface area (Å²) in [4.78, 5) is 37.3. The van der Waals surface area contributed by atoms with Crippen molar-refractivity contribution in [1.82, 2.24) is 29.7 Å². The normalized spacial score (nSPS) is 19.3. The van der Waals surface area contributed by atoms with Crippen LogP contribution in [0.2, 0.25) is 0 Å². The zero-order chi connectivity index (χ0) is 22.4. The van der Waals surface area contributed by atoms with Crippen molar-refractivity contribution < 1.29 is 9.59 Å². The molecular formula is C22H29N7O2. The van der Waals surface area contributed by atoms with E-state index < -0.39 is 5.54 Å². The van der Waals surface area contributed by atoms with Crippen LogP contribution in [0.25, 0.3) is 11.0 Å². The lowest BCUT2D eigenvalue weighted by Gasteiger charge is -2.42. The van der Waals surface area contributed by atoms with Crippen LogP contribution in [0.5, 0.6) is 0 Å². The highest BCUT2D eigenvalue weighted by Gasteiger charge is 2.53. The van der Waals surface area contributed by atoms with E-state index in [0.29, 0.717) is 25.9 Å². The highest BCUT2D eigenvalue weighted by molar-refractivity contribution is 6.07. The van der Waals surface area contributed by atoms with Gasteiger partial charge < -0.3 is 9.47 Å². The number of nitrogens with one attached hydrogen (secondary N) is 1. The number of fused-ring (bicyclic) bond motifs is 1. The average Bonchev–Trinajstić information content (AvgIpc) is 3.15. The minimum atomic E-state index is -0.715. The number of hydrogen-bond donors (Lipinski definition) is 1. The molecule has 3 amide bonds. The van der Waals surface area contributed by atoms with Crippen LogP contribution in [-0.2, 0) is 17.9 Å². The SMILES string of the molecule is CCN1C(=O)NC(=O)C12CCN(Cc1cc3cnc(C#N)nc3n1CC(C)(C)C)CC2. The van der Waals surface area contributed by atoms with Crippen molar-refractivity contribution in [3.05, 3.63) is 23.8 Å². The number of urea groups is 1. The highest BCUT2D eigenvalue weighted by atomic mass is 16.2. The van der Waals surface area contributed by atoms with Gasteiger partial charge in [0.25, 0.3) is 5.91 Å². The van der Waals surface area contributed by atoms with Crippen LogP contribution in [-0.4, -0.2) is 61.4 Å². The molecule has 0 aliphatic carbocycles. The summed E-state index contributed by atoms with van der Waals surface area (Å²) in [7, 11) is 0. The summed E-state index contributed by atoms with van der Waals surface area (Å²) in [5.41, 5.74) is 1.22. The van der Waals surface area contributed by atoms with Crippen molar-refractivity contribution in [3.63, 3.8) is 0 Å². The molecular weight excluding hydrogens is 394 g/mol. The smallest absolute Gasteiger partial charge is 0.325 e. The Bertz CT molecular complexity index is 1070. The Morgan fingerprint density at radius 3 is 2.58 bits per heavy atom. The molecule has 9 nitrogen and oxygen atoms in total. The van der Waals surface area contributed by atoms with E-state index in [4.69, 9.17) is 0 Å². The van der Waals surface area contributed by atoms with Gasteiger partial charge in [0.05, 0.1) is 0 Å². The molecule has 4 heterocycles. The third-order valence-electron chi connectivity index (χ3n) is 6.24. The lowest BCUT2D eigenvalue weighted by Crippen LogP contribution is -2.56. The first-order chi connectivity index (χ1) is 14.7. The van der Waals surface area contributed by atoms with E-state index in [1.54, 1.807) is 11.1 Å². The number of amides is 3. The van der Waals surface area contributed by atoms with Crippen LogP contribution in [0, 0.1) is 16.7 Å². The summed E-state index contributed by atoms with van der Waals surface area (Å²) in [6, 6.07) is 3.84. The molecule has 2 saturated heterocycles. The second-order valence-electron chi connectivity index (χ2n) is 9.68. The molecule has 31 heavy (non-hydrogen) atoms. The molecule has 0 bridgehead atoms. The number of rotatable bonds is 4. The number of aromatic nitrogens is 3. The summed E-state index contributed by atoms with van der Waals surface area (Å²) < 4.78 is 2.19. The van der Waals surface area contributed by atoms with Crippen molar-refractivity contribution in [2.45, 2.75) is 59.2 Å². The fourth-order valence-corrected chi connectivity index (χ4v) is 4.78. The number of likely N-dealkylation sites (tertiary alicyclic amines) is 1. The van der Waals surface area contributed by atoms with Crippen molar-refractivity contribution in [2.24, 2.45) is 5.41 Å². The number of piperidine rings is 1.